The highest BCUT2D eigenvalue weighted by atomic mass is 32.2. The van der Waals surface area contributed by atoms with E-state index in [1.54, 1.807) is 56.5 Å². The van der Waals surface area contributed by atoms with Crippen molar-refractivity contribution in [2.45, 2.75) is 23.9 Å². The quantitative estimate of drug-likeness (QED) is 0.223. The number of esters is 1. The first kappa shape index (κ1) is 24.1. The predicted octanol–water partition coefficient (Wildman–Crippen LogP) is 3.95. The second-order valence-electron chi connectivity index (χ2n) is 7.57. The fraction of sp³-hybridized carbons (Fsp3) is 0.200. The predicted molar refractivity (Wildman–Crippen MR) is 132 cm³/mol. The lowest BCUT2D eigenvalue weighted by Crippen LogP contribution is -2.27. The van der Waals surface area contributed by atoms with Crippen molar-refractivity contribution in [2.75, 3.05) is 19.5 Å². The van der Waals surface area contributed by atoms with Crippen molar-refractivity contribution < 1.29 is 23.5 Å². The molecule has 0 aliphatic heterocycles. The Hall–Kier alpha value is -4.05. The number of carbonyl (C=O) groups excluding carboxylic acids is 2. The molecule has 0 saturated carbocycles. The van der Waals surface area contributed by atoms with Crippen molar-refractivity contribution in [1.82, 2.24) is 9.55 Å². The van der Waals surface area contributed by atoms with Gasteiger partial charge in [0, 0.05) is 5.69 Å². The van der Waals surface area contributed by atoms with E-state index < -0.39 is 11.2 Å². The van der Waals surface area contributed by atoms with E-state index in [-0.39, 0.29) is 23.6 Å². The minimum Gasteiger partial charge on any atom is -0.497 e. The molecule has 0 fully saturated rings. The monoisotopic (exact) mass is 493 g/mol. The molecule has 0 bridgehead atoms. The number of nitrogens with zero attached hydrogens (tertiary/aromatic N) is 2. The Labute approximate surface area is 205 Å². The largest absolute Gasteiger partial charge is 0.497 e. The number of methoxy groups -OCH3 is 2. The maximum atomic E-state index is 13.4. The van der Waals surface area contributed by atoms with Crippen molar-refractivity contribution >= 4 is 40.2 Å². The molecule has 35 heavy (non-hydrogen) atoms. The summed E-state index contributed by atoms with van der Waals surface area (Å²) in [5.41, 5.74) is 0.911. The summed E-state index contributed by atoms with van der Waals surface area (Å²) >= 11 is 1.13. The molecule has 2 aromatic heterocycles. The summed E-state index contributed by atoms with van der Waals surface area (Å²) in [6, 6.07) is 15.0. The van der Waals surface area contributed by atoms with Gasteiger partial charge in [-0.3, -0.25) is 14.2 Å². The van der Waals surface area contributed by atoms with Crippen LogP contribution in [0.5, 0.6) is 5.75 Å². The zero-order valence-electron chi connectivity index (χ0n) is 19.3. The van der Waals surface area contributed by atoms with Gasteiger partial charge in [-0.15, -0.1) is 0 Å². The highest BCUT2D eigenvalue weighted by Crippen LogP contribution is 2.25. The highest BCUT2D eigenvalue weighted by molar-refractivity contribution is 8.00. The average molecular weight is 494 g/mol. The van der Waals surface area contributed by atoms with Crippen LogP contribution in [0.1, 0.15) is 23.0 Å². The maximum Gasteiger partial charge on any atom is 0.337 e. The molecule has 0 aliphatic carbocycles. The topological polar surface area (TPSA) is 113 Å². The fourth-order valence-corrected chi connectivity index (χ4v) is 4.27. The van der Waals surface area contributed by atoms with E-state index in [4.69, 9.17) is 13.9 Å². The molecule has 10 heteroatoms. The van der Waals surface area contributed by atoms with Gasteiger partial charge in [-0.2, -0.15) is 0 Å². The van der Waals surface area contributed by atoms with Gasteiger partial charge < -0.3 is 19.2 Å². The molecule has 2 aromatic carbocycles. The number of rotatable bonds is 8. The lowest BCUT2D eigenvalue weighted by atomic mass is 10.1. The van der Waals surface area contributed by atoms with E-state index in [0.717, 1.165) is 11.8 Å². The Balaban J connectivity index is 1.67. The van der Waals surface area contributed by atoms with Gasteiger partial charge in [-0.05, 0) is 61.5 Å². The fourth-order valence-electron chi connectivity index (χ4n) is 3.36. The Kier molecular flexibility index (Phi) is 7.21. The van der Waals surface area contributed by atoms with Crippen LogP contribution in [0.3, 0.4) is 0 Å². The molecule has 0 aliphatic rings. The molecule has 9 nitrogen and oxygen atoms in total. The minimum atomic E-state index is -0.590. The molecular weight excluding hydrogens is 470 g/mol. The van der Waals surface area contributed by atoms with Gasteiger partial charge in [0.2, 0.25) is 5.91 Å². The van der Waals surface area contributed by atoms with Gasteiger partial charge in [0.05, 0.1) is 48.7 Å². The molecule has 4 rings (SSSR count). The van der Waals surface area contributed by atoms with E-state index in [9.17, 15) is 14.4 Å². The number of benzene rings is 2. The number of hydrogen-bond acceptors (Lipinski definition) is 8. The van der Waals surface area contributed by atoms with E-state index in [1.165, 1.54) is 30.1 Å². The van der Waals surface area contributed by atoms with E-state index in [0.29, 0.717) is 33.3 Å². The highest BCUT2D eigenvalue weighted by Gasteiger charge is 2.21. The number of carbonyl (C=O) groups is 2. The number of amides is 1. The van der Waals surface area contributed by atoms with E-state index in [2.05, 4.69) is 10.3 Å². The molecule has 1 atom stereocenters. The number of fused-ring (bicyclic) bond motifs is 1. The van der Waals surface area contributed by atoms with Crippen LogP contribution in [0, 0.1) is 0 Å². The van der Waals surface area contributed by atoms with Crippen molar-refractivity contribution in [3.63, 3.8) is 0 Å². The third-order valence-corrected chi connectivity index (χ3v) is 6.33. The van der Waals surface area contributed by atoms with Gasteiger partial charge in [-0.25, -0.2) is 9.78 Å². The SMILES string of the molecule is COC(=O)c1ccc2c(=O)n(Cc3ccco3)c(SC(C)C(=O)Nc3ccc(OC)cc3)nc2c1. The number of hydrogen-bond donors (Lipinski definition) is 1. The Morgan fingerprint density at radius 2 is 1.91 bits per heavy atom. The number of nitrogens with one attached hydrogen (secondary N) is 1. The Bertz CT molecular complexity index is 1410. The van der Waals surface area contributed by atoms with E-state index >= 15 is 0 Å². The smallest absolute Gasteiger partial charge is 0.337 e. The standard InChI is InChI=1S/C25H23N3O6S/c1-15(22(29)26-17-7-9-18(32-2)10-8-17)35-25-27-21-13-16(24(31)33-3)6-11-20(21)23(30)28(25)14-19-5-4-12-34-19/h4-13,15H,14H2,1-3H3,(H,26,29). The summed E-state index contributed by atoms with van der Waals surface area (Å²) in [5.74, 6) is 0.452. The van der Waals surface area contributed by atoms with Gasteiger partial charge >= 0.3 is 5.97 Å². The second kappa shape index (κ2) is 10.5. The summed E-state index contributed by atoms with van der Waals surface area (Å²) in [7, 11) is 2.85. The van der Waals surface area contributed by atoms with E-state index in [1.807, 2.05) is 0 Å². The number of thioether (sulfide) groups is 1. The average Bonchev–Trinajstić information content (AvgIpc) is 3.39. The Morgan fingerprint density at radius 3 is 2.57 bits per heavy atom. The first-order valence-electron chi connectivity index (χ1n) is 10.7. The zero-order valence-corrected chi connectivity index (χ0v) is 20.1. The number of ether oxygens (including phenoxy) is 2. The second-order valence-corrected chi connectivity index (χ2v) is 8.87. The third-order valence-electron chi connectivity index (χ3n) is 5.24. The van der Waals surface area contributed by atoms with Crippen LogP contribution in [0.4, 0.5) is 5.69 Å². The first-order chi connectivity index (χ1) is 16.9. The molecule has 1 amide bonds. The first-order valence-corrected chi connectivity index (χ1v) is 11.5. The number of aromatic nitrogens is 2. The summed E-state index contributed by atoms with van der Waals surface area (Å²) < 4.78 is 16.8. The normalized spacial score (nSPS) is 11.7. The van der Waals surface area contributed by atoms with Crippen molar-refractivity contribution in [3.05, 3.63) is 82.5 Å². The molecule has 1 unspecified atom stereocenters. The molecule has 0 radical (unpaired) electrons. The van der Waals surface area contributed by atoms with Crippen LogP contribution < -0.4 is 15.6 Å². The summed E-state index contributed by atoms with van der Waals surface area (Å²) in [6.45, 7) is 1.87. The third kappa shape index (κ3) is 5.38. The Morgan fingerprint density at radius 1 is 1.14 bits per heavy atom. The van der Waals surface area contributed by atoms with Crippen molar-refractivity contribution in [1.29, 1.82) is 0 Å². The maximum absolute atomic E-state index is 13.4. The van der Waals surface area contributed by atoms with Gasteiger partial charge in [0.1, 0.15) is 11.5 Å². The van der Waals surface area contributed by atoms with Crippen LogP contribution >= 0.6 is 11.8 Å². The van der Waals surface area contributed by atoms with Crippen LogP contribution in [-0.4, -0.2) is 40.9 Å². The molecule has 4 aromatic rings. The number of anilines is 1. The lowest BCUT2D eigenvalue weighted by Gasteiger charge is -2.16. The number of furan rings is 1. The lowest BCUT2D eigenvalue weighted by molar-refractivity contribution is -0.115. The molecular formula is C25H23N3O6S. The molecule has 0 saturated heterocycles. The van der Waals surface area contributed by atoms with Crippen LogP contribution in [-0.2, 0) is 16.1 Å². The summed E-state index contributed by atoms with van der Waals surface area (Å²) in [5, 5.41) is 2.92. The molecule has 0 spiro atoms. The van der Waals surface area contributed by atoms with Gasteiger partial charge in [-0.1, -0.05) is 11.8 Å². The molecule has 2 heterocycles. The van der Waals surface area contributed by atoms with Crippen LogP contribution in [0.2, 0.25) is 0 Å². The van der Waals surface area contributed by atoms with Crippen molar-refractivity contribution in [2.24, 2.45) is 0 Å². The van der Waals surface area contributed by atoms with Crippen molar-refractivity contribution in [3.8, 4) is 5.75 Å². The van der Waals surface area contributed by atoms with Gasteiger partial charge in [0.25, 0.3) is 5.56 Å². The summed E-state index contributed by atoms with van der Waals surface area (Å²) in [6.07, 6.45) is 1.52. The molecule has 180 valence electrons. The zero-order chi connectivity index (χ0) is 24.9. The van der Waals surface area contributed by atoms with Crippen LogP contribution in [0.15, 0.2) is 75.2 Å². The molecule has 1 N–H and O–H groups in total. The summed E-state index contributed by atoms with van der Waals surface area (Å²) in [4.78, 5) is 42.8. The minimum absolute atomic E-state index is 0.142. The van der Waals surface area contributed by atoms with Crippen LogP contribution in [0.25, 0.3) is 10.9 Å². The van der Waals surface area contributed by atoms with Gasteiger partial charge in [0.15, 0.2) is 5.16 Å².